The second kappa shape index (κ2) is 3.92. The van der Waals surface area contributed by atoms with Crippen molar-refractivity contribution in [2.24, 2.45) is 0 Å². The van der Waals surface area contributed by atoms with Crippen molar-refractivity contribution in [1.82, 2.24) is 5.32 Å². The van der Waals surface area contributed by atoms with Crippen molar-refractivity contribution >= 4 is 17.2 Å². The first-order valence-corrected chi connectivity index (χ1v) is 7.64. The molecule has 0 unspecified atom stereocenters. The molecule has 106 valence electrons. The maximum atomic E-state index is 12.1. The standard InChI is InChI=1S/C15H11NO4S/c17-15-14-7(1-2-21-14)13-8-3-11-12(20-6-19-11)4-10(8)18-5-9(13)16-15/h1-4,9,13H,5-6H2,(H,16,17)/t9-,13-/m1/s1. The van der Waals surface area contributed by atoms with Gasteiger partial charge < -0.3 is 19.5 Å². The monoisotopic (exact) mass is 301 g/mol. The van der Waals surface area contributed by atoms with Crippen LogP contribution in [0, 0.1) is 0 Å². The van der Waals surface area contributed by atoms with Crippen LogP contribution in [0.4, 0.5) is 0 Å². The molecule has 2 atom stereocenters. The Morgan fingerprint density at radius 2 is 1.95 bits per heavy atom. The lowest BCUT2D eigenvalue weighted by molar-refractivity contribution is 0.0893. The third kappa shape index (κ3) is 1.48. The van der Waals surface area contributed by atoms with Gasteiger partial charge in [-0.15, -0.1) is 11.3 Å². The van der Waals surface area contributed by atoms with Crippen molar-refractivity contribution < 1.29 is 19.0 Å². The molecule has 21 heavy (non-hydrogen) atoms. The number of hydrogen-bond donors (Lipinski definition) is 1. The number of rotatable bonds is 0. The maximum Gasteiger partial charge on any atom is 0.262 e. The van der Waals surface area contributed by atoms with E-state index in [4.69, 9.17) is 14.2 Å². The summed E-state index contributed by atoms with van der Waals surface area (Å²) in [6.07, 6.45) is 0. The zero-order valence-electron chi connectivity index (χ0n) is 10.9. The number of fused-ring (bicyclic) bond motifs is 6. The van der Waals surface area contributed by atoms with Crippen LogP contribution in [0.25, 0.3) is 0 Å². The average molecular weight is 301 g/mol. The minimum atomic E-state index is -0.0347. The fourth-order valence-electron chi connectivity index (χ4n) is 3.29. The van der Waals surface area contributed by atoms with Gasteiger partial charge in [-0.2, -0.15) is 0 Å². The summed E-state index contributed by atoms with van der Waals surface area (Å²) in [6, 6.07) is 5.87. The first-order chi connectivity index (χ1) is 10.3. The Morgan fingerprint density at radius 1 is 1.10 bits per heavy atom. The summed E-state index contributed by atoms with van der Waals surface area (Å²) in [7, 11) is 0. The number of ether oxygens (including phenoxy) is 3. The number of carbonyl (C=O) groups excluding carboxylic acids is 1. The summed E-state index contributed by atoms with van der Waals surface area (Å²) in [5.74, 6) is 2.38. The van der Waals surface area contributed by atoms with Crippen molar-refractivity contribution in [2.45, 2.75) is 12.0 Å². The number of thiophene rings is 1. The van der Waals surface area contributed by atoms with E-state index in [-0.39, 0.29) is 24.7 Å². The van der Waals surface area contributed by atoms with Crippen LogP contribution >= 0.6 is 11.3 Å². The number of benzene rings is 1. The van der Waals surface area contributed by atoms with Gasteiger partial charge in [-0.3, -0.25) is 4.79 Å². The molecular formula is C15H11NO4S. The summed E-state index contributed by atoms with van der Waals surface area (Å²) in [4.78, 5) is 12.9. The SMILES string of the molecule is O=C1N[C@@H]2COc3cc4c(cc3[C@H]2c2ccsc21)OCO4. The minimum Gasteiger partial charge on any atom is -0.491 e. The Morgan fingerprint density at radius 3 is 2.86 bits per heavy atom. The predicted molar refractivity (Wildman–Crippen MR) is 75.5 cm³/mol. The molecule has 4 heterocycles. The number of hydrogen-bond acceptors (Lipinski definition) is 5. The summed E-state index contributed by atoms with van der Waals surface area (Å²) in [5.41, 5.74) is 2.13. The summed E-state index contributed by atoms with van der Waals surface area (Å²) >= 11 is 1.48. The molecule has 5 rings (SSSR count). The van der Waals surface area contributed by atoms with Gasteiger partial charge in [0.2, 0.25) is 6.79 Å². The topological polar surface area (TPSA) is 56.8 Å². The van der Waals surface area contributed by atoms with Gasteiger partial charge in [0, 0.05) is 17.5 Å². The maximum absolute atomic E-state index is 12.1. The Bertz CT molecular complexity index is 769. The molecule has 1 aromatic carbocycles. The van der Waals surface area contributed by atoms with E-state index in [1.165, 1.54) is 11.3 Å². The van der Waals surface area contributed by atoms with Crippen LogP contribution in [0.15, 0.2) is 23.6 Å². The van der Waals surface area contributed by atoms with Crippen molar-refractivity contribution in [2.75, 3.05) is 13.4 Å². The van der Waals surface area contributed by atoms with E-state index in [2.05, 4.69) is 5.32 Å². The molecule has 1 amide bonds. The highest BCUT2D eigenvalue weighted by Crippen LogP contribution is 2.48. The molecule has 0 fully saturated rings. The molecule has 6 heteroatoms. The predicted octanol–water partition coefficient (Wildman–Crippen LogP) is 2.11. The Kier molecular flexibility index (Phi) is 2.13. The largest absolute Gasteiger partial charge is 0.491 e. The van der Waals surface area contributed by atoms with E-state index >= 15 is 0 Å². The first kappa shape index (κ1) is 11.4. The minimum absolute atomic E-state index is 0.00552. The number of amides is 1. The van der Waals surface area contributed by atoms with Gasteiger partial charge >= 0.3 is 0 Å². The molecule has 0 saturated carbocycles. The highest BCUT2D eigenvalue weighted by molar-refractivity contribution is 7.12. The van der Waals surface area contributed by atoms with E-state index in [1.807, 2.05) is 23.6 Å². The first-order valence-electron chi connectivity index (χ1n) is 6.76. The lowest BCUT2D eigenvalue weighted by Gasteiger charge is -2.37. The number of carbonyl (C=O) groups is 1. The molecule has 3 aliphatic rings. The normalized spacial score (nSPS) is 24.5. The molecule has 0 radical (unpaired) electrons. The van der Waals surface area contributed by atoms with Crippen LogP contribution < -0.4 is 19.5 Å². The van der Waals surface area contributed by atoms with Gasteiger partial charge in [0.25, 0.3) is 5.91 Å². The van der Waals surface area contributed by atoms with Gasteiger partial charge in [-0.1, -0.05) is 0 Å². The summed E-state index contributed by atoms with van der Waals surface area (Å²) in [5, 5.41) is 5.01. The quantitative estimate of drug-likeness (QED) is 0.810. The van der Waals surface area contributed by atoms with Gasteiger partial charge in [-0.25, -0.2) is 0 Å². The molecule has 1 N–H and O–H groups in total. The smallest absolute Gasteiger partial charge is 0.262 e. The highest BCUT2D eigenvalue weighted by atomic mass is 32.1. The second-order valence-electron chi connectivity index (χ2n) is 5.32. The highest BCUT2D eigenvalue weighted by Gasteiger charge is 2.41. The molecule has 5 nitrogen and oxygen atoms in total. The van der Waals surface area contributed by atoms with Crippen LogP contribution in [0.5, 0.6) is 17.2 Å². The van der Waals surface area contributed by atoms with Crippen molar-refractivity contribution in [3.8, 4) is 17.2 Å². The molecule has 2 aromatic rings. The molecule has 1 aromatic heterocycles. The molecule has 0 saturated heterocycles. The fraction of sp³-hybridized carbons (Fsp3) is 0.267. The van der Waals surface area contributed by atoms with Crippen LogP contribution in [-0.4, -0.2) is 25.3 Å². The van der Waals surface area contributed by atoms with E-state index in [0.717, 1.165) is 33.3 Å². The molecule has 0 aliphatic carbocycles. The average Bonchev–Trinajstić information content (AvgIpc) is 3.13. The van der Waals surface area contributed by atoms with Crippen LogP contribution in [0.1, 0.15) is 26.7 Å². The van der Waals surface area contributed by atoms with E-state index < -0.39 is 0 Å². The molecule has 3 aliphatic heterocycles. The third-order valence-electron chi connectivity index (χ3n) is 4.21. The van der Waals surface area contributed by atoms with Gasteiger partial charge in [-0.05, 0) is 23.1 Å². The Hall–Kier alpha value is -2.21. The third-order valence-corrected chi connectivity index (χ3v) is 5.14. The van der Waals surface area contributed by atoms with E-state index in [1.54, 1.807) is 0 Å². The van der Waals surface area contributed by atoms with Crippen molar-refractivity contribution in [3.05, 3.63) is 39.6 Å². The lowest BCUT2D eigenvalue weighted by Crippen LogP contribution is -2.49. The zero-order chi connectivity index (χ0) is 14.0. The van der Waals surface area contributed by atoms with Crippen molar-refractivity contribution in [1.29, 1.82) is 0 Å². The van der Waals surface area contributed by atoms with Crippen LogP contribution in [0.2, 0.25) is 0 Å². The second-order valence-corrected chi connectivity index (χ2v) is 6.23. The summed E-state index contributed by atoms with van der Waals surface area (Å²) < 4.78 is 16.7. The van der Waals surface area contributed by atoms with Gasteiger partial charge in [0.1, 0.15) is 12.4 Å². The van der Waals surface area contributed by atoms with E-state index in [0.29, 0.717) is 6.61 Å². The lowest BCUT2D eigenvalue weighted by atomic mass is 9.81. The van der Waals surface area contributed by atoms with Crippen LogP contribution in [-0.2, 0) is 0 Å². The molecular weight excluding hydrogens is 290 g/mol. The summed E-state index contributed by atoms with van der Waals surface area (Å²) in [6.45, 7) is 0.713. The Labute approximate surface area is 124 Å². The molecule has 0 bridgehead atoms. The van der Waals surface area contributed by atoms with Crippen molar-refractivity contribution in [3.63, 3.8) is 0 Å². The Balaban J connectivity index is 1.72. The van der Waals surface area contributed by atoms with Gasteiger partial charge in [0.05, 0.1) is 10.9 Å². The van der Waals surface area contributed by atoms with Crippen LogP contribution in [0.3, 0.4) is 0 Å². The van der Waals surface area contributed by atoms with E-state index in [9.17, 15) is 4.79 Å². The molecule has 0 spiro atoms. The number of nitrogens with one attached hydrogen (secondary N) is 1. The fourth-order valence-corrected chi connectivity index (χ4v) is 4.14. The van der Waals surface area contributed by atoms with Gasteiger partial charge in [0.15, 0.2) is 11.5 Å². The zero-order valence-corrected chi connectivity index (χ0v) is 11.7.